The Morgan fingerprint density at radius 1 is 1.21 bits per heavy atom. The van der Waals surface area contributed by atoms with Crippen LogP contribution in [0, 0.1) is 0 Å². The standard InChI is InChI=1S/C21H22N4O2S/c1-14(26)18-11-15(13-28-18)12-20(27)22-17-7-8-19-23-24-21(25(19)10-9-17)16-5-3-2-4-6-16/h2-6,11,13,17H,7-10,12H2,1H3,(H,22,27). The summed E-state index contributed by atoms with van der Waals surface area (Å²) in [5, 5.41) is 13.8. The highest BCUT2D eigenvalue weighted by molar-refractivity contribution is 7.12. The minimum atomic E-state index is -0.00106. The number of hydrogen-bond acceptors (Lipinski definition) is 5. The molecular weight excluding hydrogens is 372 g/mol. The van der Waals surface area contributed by atoms with Gasteiger partial charge in [-0.05, 0) is 36.8 Å². The summed E-state index contributed by atoms with van der Waals surface area (Å²) in [5.74, 6) is 1.90. The number of thiophene rings is 1. The van der Waals surface area contributed by atoms with Crippen molar-refractivity contribution in [3.8, 4) is 11.4 Å². The van der Waals surface area contributed by atoms with Gasteiger partial charge in [0.1, 0.15) is 5.82 Å². The summed E-state index contributed by atoms with van der Waals surface area (Å²) in [6, 6.07) is 12.0. The number of nitrogens with zero attached hydrogens (tertiary/aromatic N) is 3. The lowest BCUT2D eigenvalue weighted by Gasteiger charge is -2.16. The van der Waals surface area contributed by atoms with Crippen molar-refractivity contribution in [3.63, 3.8) is 0 Å². The zero-order valence-electron chi connectivity index (χ0n) is 15.7. The molecule has 6 nitrogen and oxygen atoms in total. The first kappa shape index (κ1) is 18.6. The van der Waals surface area contributed by atoms with Crippen LogP contribution in [0.4, 0.5) is 0 Å². The van der Waals surface area contributed by atoms with Gasteiger partial charge in [-0.2, -0.15) is 0 Å². The van der Waals surface area contributed by atoms with E-state index in [0.29, 0.717) is 11.3 Å². The molecule has 1 unspecified atom stereocenters. The Hall–Kier alpha value is -2.80. The van der Waals surface area contributed by atoms with E-state index in [0.717, 1.165) is 48.6 Å². The second-order valence-electron chi connectivity index (χ2n) is 7.10. The molecule has 0 fully saturated rings. The van der Waals surface area contributed by atoms with Crippen LogP contribution in [0.2, 0.25) is 0 Å². The number of Topliss-reactive ketones (excluding diaryl/α,β-unsaturated/α-hetero) is 1. The number of carbonyl (C=O) groups excluding carboxylic acids is 2. The maximum absolute atomic E-state index is 12.4. The highest BCUT2D eigenvalue weighted by Gasteiger charge is 2.22. The molecule has 28 heavy (non-hydrogen) atoms. The summed E-state index contributed by atoms with van der Waals surface area (Å²) in [6.07, 6.45) is 2.79. The molecule has 0 saturated heterocycles. The number of aryl methyl sites for hydroxylation is 1. The Bertz CT molecular complexity index is 993. The van der Waals surface area contributed by atoms with Gasteiger partial charge in [0, 0.05) is 24.6 Å². The third kappa shape index (κ3) is 4.04. The summed E-state index contributed by atoms with van der Waals surface area (Å²) in [5.41, 5.74) is 1.95. The van der Waals surface area contributed by atoms with E-state index in [1.165, 1.54) is 11.3 Å². The minimum absolute atomic E-state index is 0.00106. The summed E-state index contributed by atoms with van der Waals surface area (Å²) in [6.45, 7) is 2.33. The second-order valence-corrected chi connectivity index (χ2v) is 8.01. The number of hydrogen-bond donors (Lipinski definition) is 1. The molecule has 2 aromatic heterocycles. The lowest BCUT2D eigenvalue weighted by molar-refractivity contribution is -0.121. The summed E-state index contributed by atoms with van der Waals surface area (Å²) in [7, 11) is 0. The maximum Gasteiger partial charge on any atom is 0.224 e. The van der Waals surface area contributed by atoms with Crippen molar-refractivity contribution in [1.29, 1.82) is 0 Å². The van der Waals surface area contributed by atoms with Crippen LogP contribution >= 0.6 is 11.3 Å². The molecular formula is C21H22N4O2S. The second kappa shape index (κ2) is 8.06. The fourth-order valence-corrected chi connectivity index (χ4v) is 4.37. The van der Waals surface area contributed by atoms with Crippen LogP contribution < -0.4 is 5.32 Å². The van der Waals surface area contributed by atoms with Crippen LogP contribution in [0.1, 0.15) is 40.8 Å². The molecule has 1 aromatic carbocycles. The molecule has 1 amide bonds. The number of ketones is 1. The molecule has 1 aliphatic heterocycles. The number of aromatic nitrogens is 3. The average Bonchev–Trinajstić information content (AvgIpc) is 3.27. The fraction of sp³-hybridized carbons (Fsp3) is 0.333. The molecule has 0 aliphatic carbocycles. The average molecular weight is 395 g/mol. The van der Waals surface area contributed by atoms with E-state index in [1.807, 2.05) is 41.8 Å². The first-order valence-corrected chi connectivity index (χ1v) is 10.3. The lowest BCUT2D eigenvalue weighted by atomic mass is 10.1. The molecule has 0 bridgehead atoms. The van der Waals surface area contributed by atoms with E-state index >= 15 is 0 Å². The molecule has 7 heteroatoms. The molecule has 3 heterocycles. The summed E-state index contributed by atoms with van der Waals surface area (Å²) in [4.78, 5) is 24.6. The molecule has 0 spiro atoms. The topological polar surface area (TPSA) is 76.9 Å². The number of carbonyl (C=O) groups is 2. The van der Waals surface area contributed by atoms with Crippen molar-refractivity contribution in [2.45, 2.75) is 45.2 Å². The van der Waals surface area contributed by atoms with Gasteiger partial charge in [-0.25, -0.2) is 0 Å². The number of benzene rings is 1. The van der Waals surface area contributed by atoms with Gasteiger partial charge in [0.05, 0.1) is 11.3 Å². The van der Waals surface area contributed by atoms with Crippen molar-refractivity contribution >= 4 is 23.0 Å². The molecule has 1 aliphatic rings. The van der Waals surface area contributed by atoms with Gasteiger partial charge >= 0.3 is 0 Å². The Morgan fingerprint density at radius 3 is 2.79 bits per heavy atom. The predicted octanol–water partition coefficient (Wildman–Crippen LogP) is 3.27. The quantitative estimate of drug-likeness (QED) is 0.674. The Balaban J connectivity index is 1.38. The largest absolute Gasteiger partial charge is 0.353 e. The van der Waals surface area contributed by atoms with Crippen LogP contribution in [0.5, 0.6) is 0 Å². The van der Waals surface area contributed by atoms with Gasteiger partial charge in [0.15, 0.2) is 11.6 Å². The Kier molecular flexibility index (Phi) is 5.34. The van der Waals surface area contributed by atoms with E-state index in [9.17, 15) is 9.59 Å². The fourth-order valence-electron chi connectivity index (χ4n) is 3.55. The molecule has 1 N–H and O–H groups in total. The lowest BCUT2D eigenvalue weighted by Crippen LogP contribution is -2.36. The summed E-state index contributed by atoms with van der Waals surface area (Å²) < 4.78 is 2.17. The van der Waals surface area contributed by atoms with Gasteiger partial charge in [-0.15, -0.1) is 21.5 Å². The van der Waals surface area contributed by atoms with Crippen molar-refractivity contribution in [3.05, 3.63) is 58.0 Å². The molecule has 1 atom stereocenters. The van der Waals surface area contributed by atoms with Gasteiger partial charge in [0.25, 0.3) is 0 Å². The third-order valence-electron chi connectivity index (χ3n) is 5.01. The van der Waals surface area contributed by atoms with Crippen LogP contribution in [0.15, 0.2) is 41.8 Å². The first-order valence-electron chi connectivity index (χ1n) is 9.45. The van der Waals surface area contributed by atoms with E-state index < -0.39 is 0 Å². The minimum Gasteiger partial charge on any atom is -0.353 e. The van der Waals surface area contributed by atoms with E-state index in [1.54, 1.807) is 6.92 Å². The maximum atomic E-state index is 12.4. The normalized spacial score (nSPS) is 16.2. The van der Waals surface area contributed by atoms with E-state index in [-0.39, 0.29) is 17.7 Å². The zero-order valence-corrected chi connectivity index (χ0v) is 16.5. The number of fused-ring (bicyclic) bond motifs is 1. The van der Waals surface area contributed by atoms with Crippen LogP contribution in [0.3, 0.4) is 0 Å². The van der Waals surface area contributed by atoms with Gasteiger partial charge < -0.3 is 9.88 Å². The highest BCUT2D eigenvalue weighted by atomic mass is 32.1. The van der Waals surface area contributed by atoms with Gasteiger partial charge in [0.2, 0.25) is 5.91 Å². The number of rotatable bonds is 5. The molecule has 144 valence electrons. The van der Waals surface area contributed by atoms with Crippen LogP contribution in [-0.2, 0) is 24.2 Å². The van der Waals surface area contributed by atoms with Crippen LogP contribution in [-0.4, -0.2) is 32.5 Å². The highest BCUT2D eigenvalue weighted by Crippen LogP contribution is 2.23. The SMILES string of the molecule is CC(=O)c1cc(CC(=O)NC2CCc3nnc(-c4ccccc4)n3CC2)cs1. The molecule has 3 aromatic rings. The number of nitrogens with one attached hydrogen (secondary N) is 1. The molecule has 4 rings (SSSR count). The van der Waals surface area contributed by atoms with Gasteiger partial charge in [-0.3, -0.25) is 9.59 Å². The van der Waals surface area contributed by atoms with Crippen molar-refractivity contribution < 1.29 is 9.59 Å². The van der Waals surface area contributed by atoms with E-state index in [4.69, 9.17) is 0 Å². The third-order valence-corrected chi connectivity index (χ3v) is 6.09. The van der Waals surface area contributed by atoms with Crippen molar-refractivity contribution in [2.75, 3.05) is 0 Å². The smallest absolute Gasteiger partial charge is 0.224 e. The zero-order chi connectivity index (χ0) is 19.5. The van der Waals surface area contributed by atoms with Gasteiger partial charge in [-0.1, -0.05) is 30.3 Å². The first-order chi connectivity index (χ1) is 13.6. The number of amides is 1. The Labute approximate surface area is 167 Å². The molecule has 0 radical (unpaired) electrons. The summed E-state index contributed by atoms with van der Waals surface area (Å²) >= 11 is 1.39. The molecule has 0 saturated carbocycles. The Morgan fingerprint density at radius 2 is 2.04 bits per heavy atom. The van der Waals surface area contributed by atoms with E-state index in [2.05, 4.69) is 20.1 Å². The van der Waals surface area contributed by atoms with Crippen LogP contribution in [0.25, 0.3) is 11.4 Å². The van der Waals surface area contributed by atoms with Crippen molar-refractivity contribution in [2.24, 2.45) is 0 Å². The predicted molar refractivity (Wildman–Crippen MR) is 108 cm³/mol. The van der Waals surface area contributed by atoms with Crippen molar-refractivity contribution in [1.82, 2.24) is 20.1 Å². The monoisotopic (exact) mass is 394 g/mol.